The molecule has 1 atom stereocenters. The molecular formula is C19H24N4O4S. The molecule has 0 unspecified atom stereocenters. The Morgan fingerprint density at radius 2 is 2.14 bits per heavy atom. The van der Waals surface area contributed by atoms with Crippen molar-refractivity contribution in [3.8, 4) is 0 Å². The van der Waals surface area contributed by atoms with Gasteiger partial charge < -0.3 is 10.1 Å². The minimum atomic E-state index is -0.546. The molecular weight excluding hydrogens is 380 g/mol. The molecule has 3 rings (SSSR count). The number of hydrogen-bond acceptors (Lipinski definition) is 6. The molecule has 0 spiro atoms. The smallest absolute Gasteiger partial charge is 0.324 e. The summed E-state index contributed by atoms with van der Waals surface area (Å²) >= 11 is 1.20. The second-order valence-electron chi connectivity index (χ2n) is 6.40. The van der Waals surface area contributed by atoms with Gasteiger partial charge in [-0.1, -0.05) is 23.9 Å². The molecule has 0 saturated carbocycles. The van der Waals surface area contributed by atoms with Gasteiger partial charge in [-0.05, 0) is 32.4 Å². The minimum absolute atomic E-state index is 0.136. The summed E-state index contributed by atoms with van der Waals surface area (Å²) in [7, 11) is 0. The average Bonchev–Trinajstić information content (AvgIpc) is 3.12. The predicted molar refractivity (Wildman–Crippen MR) is 108 cm³/mol. The highest BCUT2D eigenvalue weighted by atomic mass is 32.2. The third-order valence-electron chi connectivity index (χ3n) is 4.45. The molecule has 2 heterocycles. The number of carbonyl (C=O) groups is 2. The monoisotopic (exact) mass is 404 g/mol. The van der Waals surface area contributed by atoms with E-state index in [2.05, 4.69) is 10.3 Å². The van der Waals surface area contributed by atoms with Crippen molar-refractivity contribution in [2.24, 2.45) is 0 Å². The molecule has 1 aliphatic rings. The summed E-state index contributed by atoms with van der Waals surface area (Å²) < 4.78 is 6.97. The molecule has 0 aliphatic carbocycles. The van der Waals surface area contributed by atoms with Gasteiger partial charge in [-0.25, -0.2) is 9.78 Å². The lowest BCUT2D eigenvalue weighted by Gasteiger charge is -2.19. The summed E-state index contributed by atoms with van der Waals surface area (Å²) in [5.74, 6) is -0.289. The van der Waals surface area contributed by atoms with Gasteiger partial charge >= 0.3 is 6.03 Å². The quantitative estimate of drug-likeness (QED) is 0.410. The Kier molecular flexibility index (Phi) is 6.69. The van der Waals surface area contributed by atoms with Crippen LogP contribution in [0.2, 0.25) is 0 Å². The van der Waals surface area contributed by atoms with Crippen LogP contribution in [0.3, 0.4) is 0 Å². The molecule has 1 aliphatic heterocycles. The van der Waals surface area contributed by atoms with E-state index in [-0.39, 0.29) is 17.5 Å². The highest BCUT2D eigenvalue weighted by molar-refractivity contribution is 8.00. The van der Waals surface area contributed by atoms with Crippen LogP contribution in [0.5, 0.6) is 0 Å². The molecule has 28 heavy (non-hydrogen) atoms. The second-order valence-corrected chi connectivity index (χ2v) is 7.71. The minimum Gasteiger partial charge on any atom is -0.382 e. The standard InChI is InChI=1S/C19H24N4O4S/c1-3-27-12-6-10-23-17(25)14-7-4-5-8-15(14)21-19(23)28-13(2)16(24)22-11-9-20-18(22)26/h4-5,7-8,13H,3,6,9-12H2,1-2H3,(H,20,26)/t13-/m0/s1. The number of ether oxygens (including phenoxy) is 1. The van der Waals surface area contributed by atoms with Crippen LogP contribution in [0, 0.1) is 0 Å². The van der Waals surface area contributed by atoms with Crippen molar-refractivity contribution in [3.63, 3.8) is 0 Å². The number of fused-ring (bicyclic) bond motifs is 1. The molecule has 0 radical (unpaired) electrons. The summed E-state index contributed by atoms with van der Waals surface area (Å²) in [6, 6.07) is 6.79. The van der Waals surface area contributed by atoms with E-state index in [1.807, 2.05) is 13.0 Å². The summed E-state index contributed by atoms with van der Waals surface area (Å²) in [6.07, 6.45) is 0.665. The number of rotatable bonds is 8. The van der Waals surface area contributed by atoms with Gasteiger partial charge in [-0.2, -0.15) is 0 Å². The average molecular weight is 404 g/mol. The van der Waals surface area contributed by atoms with Crippen LogP contribution >= 0.6 is 11.8 Å². The first-order chi connectivity index (χ1) is 13.5. The fourth-order valence-corrected chi connectivity index (χ4v) is 4.01. The van der Waals surface area contributed by atoms with E-state index in [1.54, 1.807) is 29.7 Å². The van der Waals surface area contributed by atoms with Crippen molar-refractivity contribution < 1.29 is 14.3 Å². The van der Waals surface area contributed by atoms with Gasteiger partial charge in [-0.3, -0.25) is 19.1 Å². The van der Waals surface area contributed by atoms with E-state index in [0.29, 0.717) is 55.3 Å². The molecule has 2 aromatic rings. The number of nitrogens with one attached hydrogen (secondary N) is 1. The Balaban J connectivity index is 1.88. The number of nitrogens with zero attached hydrogens (tertiary/aromatic N) is 3. The van der Waals surface area contributed by atoms with Crippen molar-refractivity contribution in [2.75, 3.05) is 26.3 Å². The first kappa shape index (κ1) is 20.3. The Morgan fingerprint density at radius 3 is 2.86 bits per heavy atom. The fraction of sp³-hybridized carbons (Fsp3) is 0.474. The zero-order chi connectivity index (χ0) is 20.1. The summed E-state index contributed by atoms with van der Waals surface area (Å²) in [6.45, 7) is 6.08. The van der Waals surface area contributed by atoms with Crippen LogP contribution in [0.15, 0.2) is 34.2 Å². The molecule has 8 nitrogen and oxygen atoms in total. The summed E-state index contributed by atoms with van der Waals surface area (Å²) in [5, 5.41) is 3.10. The van der Waals surface area contributed by atoms with E-state index < -0.39 is 5.25 Å². The van der Waals surface area contributed by atoms with Crippen LogP contribution in [0.1, 0.15) is 20.3 Å². The second kappa shape index (κ2) is 9.20. The normalized spacial score (nSPS) is 15.1. The van der Waals surface area contributed by atoms with Crippen LogP contribution in [0.4, 0.5) is 4.79 Å². The highest BCUT2D eigenvalue weighted by Gasteiger charge is 2.31. The number of thioether (sulfide) groups is 1. The third kappa shape index (κ3) is 4.36. The Morgan fingerprint density at radius 1 is 1.36 bits per heavy atom. The van der Waals surface area contributed by atoms with Gasteiger partial charge in [0, 0.05) is 32.8 Å². The molecule has 1 aromatic heterocycles. The molecule has 1 aromatic carbocycles. The number of para-hydroxylation sites is 1. The van der Waals surface area contributed by atoms with Crippen molar-refractivity contribution in [3.05, 3.63) is 34.6 Å². The fourth-order valence-electron chi connectivity index (χ4n) is 3.01. The molecule has 9 heteroatoms. The van der Waals surface area contributed by atoms with E-state index in [0.717, 1.165) is 0 Å². The van der Waals surface area contributed by atoms with Gasteiger partial charge in [-0.15, -0.1) is 0 Å². The highest BCUT2D eigenvalue weighted by Crippen LogP contribution is 2.24. The Bertz CT molecular complexity index is 930. The number of aromatic nitrogens is 2. The van der Waals surface area contributed by atoms with E-state index in [4.69, 9.17) is 4.74 Å². The maximum absolute atomic E-state index is 13.0. The molecule has 150 valence electrons. The molecule has 1 saturated heterocycles. The number of amides is 3. The predicted octanol–water partition coefficient (Wildman–Crippen LogP) is 1.86. The van der Waals surface area contributed by atoms with Crippen molar-refractivity contribution in [2.45, 2.75) is 37.2 Å². The summed E-state index contributed by atoms with van der Waals surface area (Å²) in [4.78, 5) is 43.2. The van der Waals surface area contributed by atoms with E-state index in [1.165, 1.54) is 16.7 Å². The number of urea groups is 1. The lowest BCUT2D eigenvalue weighted by atomic mass is 10.2. The molecule has 3 amide bonds. The molecule has 1 N–H and O–H groups in total. The zero-order valence-electron chi connectivity index (χ0n) is 16.0. The number of hydrogen-bond donors (Lipinski definition) is 1. The van der Waals surface area contributed by atoms with Gasteiger partial charge in [0.1, 0.15) is 0 Å². The van der Waals surface area contributed by atoms with Crippen LogP contribution in [-0.2, 0) is 16.1 Å². The first-order valence-electron chi connectivity index (χ1n) is 9.36. The van der Waals surface area contributed by atoms with Gasteiger partial charge in [0.05, 0.1) is 16.2 Å². The van der Waals surface area contributed by atoms with E-state index >= 15 is 0 Å². The van der Waals surface area contributed by atoms with Crippen LogP contribution < -0.4 is 10.9 Å². The number of carbonyl (C=O) groups excluding carboxylic acids is 2. The third-order valence-corrected chi connectivity index (χ3v) is 5.53. The van der Waals surface area contributed by atoms with Crippen molar-refractivity contribution in [1.82, 2.24) is 19.8 Å². The molecule has 0 bridgehead atoms. The Labute approximate surface area is 167 Å². The maximum atomic E-state index is 13.0. The largest absolute Gasteiger partial charge is 0.382 e. The number of benzene rings is 1. The van der Waals surface area contributed by atoms with E-state index in [9.17, 15) is 14.4 Å². The number of imide groups is 1. The van der Waals surface area contributed by atoms with Crippen molar-refractivity contribution >= 4 is 34.6 Å². The van der Waals surface area contributed by atoms with Gasteiger partial charge in [0.15, 0.2) is 5.16 Å². The SMILES string of the molecule is CCOCCCn1c(S[C@@H](C)C(=O)N2CCNC2=O)nc2ccccc2c1=O. The topological polar surface area (TPSA) is 93.5 Å². The van der Waals surface area contributed by atoms with Crippen LogP contribution in [-0.4, -0.2) is 57.9 Å². The van der Waals surface area contributed by atoms with Crippen molar-refractivity contribution in [1.29, 1.82) is 0 Å². The zero-order valence-corrected chi connectivity index (χ0v) is 16.8. The van der Waals surface area contributed by atoms with Gasteiger partial charge in [0.25, 0.3) is 5.56 Å². The lowest BCUT2D eigenvalue weighted by molar-refractivity contribution is -0.126. The Hall–Kier alpha value is -2.39. The lowest BCUT2D eigenvalue weighted by Crippen LogP contribution is -2.39. The maximum Gasteiger partial charge on any atom is 0.324 e. The summed E-state index contributed by atoms with van der Waals surface area (Å²) in [5.41, 5.74) is 0.456. The first-order valence-corrected chi connectivity index (χ1v) is 10.2. The van der Waals surface area contributed by atoms with Crippen LogP contribution in [0.25, 0.3) is 10.9 Å². The van der Waals surface area contributed by atoms with Gasteiger partial charge in [0.2, 0.25) is 5.91 Å². The molecule has 1 fully saturated rings.